The van der Waals surface area contributed by atoms with Crippen LogP contribution < -0.4 is 20.1 Å². The maximum Gasteiger partial charge on any atom is 0.318 e. The highest BCUT2D eigenvalue weighted by molar-refractivity contribution is 7.91. The van der Waals surface area contributed by atoms with E-state index in [9.17, 15) is 36.4 Å². The van der Waals surface area contributed by atoms with Gasteiger partial charge in [-0.2, -0.15) is 4.80 Å². The molecule has 1 aromatic heterocycles. The highest BCUT2D eigenvalue weighted by Crippen LogP contribution is 2.48. The monoisotopic (exact) mass is 751 g/mol. The molecule has 4 aliphatic rings. The van der Waals surface area contributed by atoms with Crippen LogP contribution in [0.5, 0.6) is 5.75 Å². The Morgan fingerprint density at radius 1 is 1.08 bits per heavy atom. The van der Waals surface area contributed by atoms with Crippen molar-refractivity contribution in [3.63, 3.8) is 0 Å². The number of morpholine rings is 1. The zero-order valence-corrected chi connectivity index (χ0v) is 30.1. The van der Waals surface area contributed by atoms with Crippen molar-refractivity contribution in [2.75, 3.05) is 40.0 Å². The lowest BCUT2D eigenvalue weighted by Gasteiger charge is -2.37. The van der Waals surface area contributed by atoms with Gasteiger partial charge in [-0.3, -0.25) is 19.1 Å². The predicted octanol–water partition coefficient (Wildman–Crippen LogP) is 0.696. The summed E-state index contributed by atoms with van der Waals surface area (Å²) in [7, 11) is -2.59. The molecule has 0 radical (unpaired) electrons. The molecule has 284 valence electrons. The highest BCUT2D eigenvalue weighted by Gasteiger charge is 2.67. The van der Waals surface area contributed by atoms with Gasteiger partial charge in [0.2, 0.25) is 34.1 Å². The zero-order chi connectivity index (χ0) is 37.6. The minimum absolute atomic E-state index is 0.109. The number of rotatable bonds is 11. The van der Waals surface area contributed by atoms with Gasteiger partial charge in [-0.25, -0.2) is 22.0 Å². The van der Waals surface area contributed by atoms with Crippen molar-refractivity contribution >= 4 is 33.8 Å². The van der Waals surface area contributed by atoms with Crippen molar-refractivity contribution in [3.05, 3.63) is 24.3 Å². The highest BCUT2D eigenvalue weighted by atomic mass is 32.2. The second kappa shape index (κ2) is 14.2. The van der Waals surface area contributed by atoms with E-state index in [-0.39, 0.29) is 18.8 Å². The van der Waals surface area contributed by atoms with E-state index < -0.39 is 86.9 Å². The van der Waals surface area contributed by atoms with Crippen molar-refractivity contribution in [1.29, 1.82) is 0 Å². The lowest BCUT2D eigenvalue weighted by atomic mass is 9.85. The topological polar surface area (TPSA) is 207 Å². The van der Waals surface area contributed by atoms with Gasteiger partial charge in [-0.05, 0) is 54.2 Å². The third-order valence-electron chi connectivity index (χ3n) is 9.92. The number of nitrogens with one attached hydrogen (secondary N) is 3. The number of nitrogens with zero attached hydrogens (tertiary/aromatic N) is 6. The quantitative estimate of drug-likeness (QED) is 0.291. The second-order valence-corrected chi connectivity index (χ2v) is 16.6. The fraction of sp³-hybridized carbons (Fsp3) is 0.656. The Balaban J connectivity index is 1.28. The van der Waals surface area contributed by atoms with Crippen molar-refractivity contribution in [1.82, 2.24) is 45.4 Å². The van der Waals surface area contributed by atoms with Crippen molar-refractivity contribution in [2.24, 2.45) is 11.3 Å². The average molecular weight is 752 g/mol. The van der Waals surface area contributed by atoms with E-state index in [0.29, 0.717) is 50.5 Å². The van der Waals surface area contributed by atoms with Gasteiger partial charge in [0.1, 0.15) is 23.4 Å². The number of methoxy groups -OCH3 is 1. The summed E-state index contributed by atoms with van der Waals surface area (Å²) in [4.78, 5) is 59.2. The van der Waals surface area contributed by atoms with Crippen molar-refractivity contribution in [3.8, 4) is 17.1 Å². The van der Waals surface area contributed by atoms with Crippen LogP contribution in [0.2, 0.25) is 0 Å². The molecule has 20 heteroatoms. The van der Waals surface area contributed by atoms with Gasteiger partial charge in [0.25, 0.3) is 5.91 Å². The molecule has 52 heavy (non-hydrogen) atoms. The number of aromatic nitrogens is 4. The van der Waals surface area contributed by atoms with Crippen LogP contribution in [0.1, 0.15) is 52.5 Å². The van der Waals surface area contributed by atoms with E-state index in [2.05, 4.69) is 26.0 Å². The number of tetrazole rings is 1. The van der Waals surface area contributed by atoms with Crippen molar-refractivity contribution < 1.29 is 45.9 Å². The van der Waals surface area contributed by atoms with Gasteiger partial charge in [0.05, 0.1) is 37.5 Å². The normalized spacial score (nSPS) is 25.4. The maximum absolute atomic E-state index is 14.5. The summed E-state index contributed by atoms with van der Waals surface area (Å²) in [6, 6.07) is 3.17. The van der Waals surface area contributed by atoms with Crippen LogP contribution in [0.25, 0.3) is 11.4 Å². The zero-order valence-electron chi connectivity index (χ0n) is 29.3. The van der Waals surface area contributed by atoms with Gasteiger partial charge in [-0.1, -0.05) is 20.8 Å². The molecule has 2 aliphatic heterocycles. The molecule has 0 bridgehead atoms. The van der Waals surface area contributed by atoms with Crippen LogP contribution in [0, 0.1) is 11.3 Å². The van der Waals surface area contributed by atoms with Gasteiger partial charge in [0.15, 0.2) is 0 Å². The maximum atomic E-state index is 14.5. The Morgan fingerprint density at radius 3 is 2.33 bits per heavy atom. The Kier molecular flexibility index (Phi) is 10.2. The number of carbonyl (C=O) groups excluding carboxylic acids is 4. The number of alkyl halides is 2. The Hall–Kier alpha value is -4.46. The first kappa shape index (κ1) is 37.3. The fourth-order valence-electron chi connectivity index (χ4n) is 6.54. The molecule has 3 N–H and O–H groups in total. The third-order valence-corrected chi connectivity index (χ3v) is 11.7. The summed E-state index contributed by atoms with van der Waals surface area (Å²) in [5, 5.41) is 17.2. The molecule has 2 saturated carbocycles. The SMILES string of the molecule is COc1ccc(-c2nnn([C@@H]3CC(C(=O)N[C@]4(C(=O)NS(=O)(=O)C5CC5)C[C@H]4C(F)F)N(C(=O)[C@@H](NC(=O)N4CCOCC4)C(C)(C)C)C3)n2)cc1. The van der Waals surface area contributed by atoms with Crippen LogP contribution in [0.4, 0.5) is 13.6 Å². The van der Waals surface area contributed by atoms with E-state index in [4.69, 9.17) is 9.47 Å². The fourth-order valence-corrected chi connectivity index (χ4v) is 7.91. The van der Waals surface area contributed by atoms with E-state index in [1.54, 1.807) is 45.0 Å². The summed E-state index contributed by atoms with van der Waals surface area (Å²) in [6.07, 6.45) is -2.99. The molecule has 3 heterocycles. The molecular weight excluding hydrogens is 708 g/mol. The molecule has 2 aliphatic carbocycles. The van der Waals surface area contributed by atoms with Gasteiger partial charge in [-0.15, -0.1) is 10.2 Å². The Labute approximate surface area is 299 Å². The molecule has 17 nitrogen and oxygen atoms in total. The molecule has 6 rings (SSSR count). The van der Waals surface area contributed by atoms with E-state index in [1.165, 1.54) is 21.7 Å². The van der Waals surface area contributed by atoms with Crippen LogP contribution in [-0.4, -0.2) is 131 Å². The minimum atomic E-state index is -4.12. The lowest BCUT2D eigenvalue weighted by molar-refractivity contribution is -0.143. The minimum Gasteiger partial charge on any atom is -0.497 e. The molecule has 5 amide bonds. The number of ether oxygens (including phenoxy) is 2. The first-order chi connectivity index (χ1) is 24.5. The number of likely N-dealkylation sites (tertiary alicyclic amines) is 1. The number of hydrogen-bond donors (Lipinski definition) is 3. The van der Waals surface area contributed by atoms with E-state index in [1.807, 2.05) is 4.72 Å². The second-order valence-electron chi connectivity index (χ2n) is 14.7. The van der Waals surface area contributed by atoms with Gasteiger partial charge >= 0.3 is 6.03 Å². The molecule has 0 spiro atoms. The number of benzene rings is 1. The number of sulfonamides is 1. The van der Waals surface area contributed by atoms with Crippen LogP contribution >= 0.6 is 0 Å². The first-order valence-corrected chi connectivity index (χ1v) is 18.6. The Morgan fingerprint density at radius 2 is 1.75 bits per heavy atom. The molecule has 5 atom stereocenters. The third kappa shape index (κ3) is 7.67. The number of carbonyl (C=O) groups is 4. The summed E-state index contributed by atoms with van der Waals surface area (Å²) < 4.78 is 65.7. The van der Waals surface area contributed by atoms with Gasteiger partial charge < -0.3 is 29.9 Å². The van der Waals surface area contributed by atoms with Crippen LogP contribution in [0.15, 0.2) is 24.3 Å². The average Bonchev–Trinajstić information content (AvgIpc) is 3.99. The predicted molar refractivity (Wildman–Crippen MR) is 178 cm³/mol. The summed E-state index contributed by atoms with van der Waals surface area (Å²) in [5.41, 5.74) is -2.45. The summed E-state index contributed by atoms with van der Waals surface area (Å²) in [5.74, 6) is -3.61. The molecule has 4 fully saturated rings. The number of halogens is 2. The Bertz CT molecular complexity index is 1790. The van der Waals surface area contributed by atoms with Crippen LogP contribution in [-0.2, 0) is 29.1 Å². The number of amides is 5. The number of hydrogen-bond acceptors (Lipinski definition) is 11. The first-order valence-electron chi connectivity index (χ1n) is 17.1. The number of urea groups is 1. The molecule has 2 saturated heterocycles. The molecule has 1 aromatic carbocycles. The standard InChI is InChI=1S/C32H43F2N9O8S/c1-31(2,3)24(35-30(47)41-11-13-51-14-12-41)28(45)42-17-19(43-38-26(37-40-43)18-5-7-20(50-4)8-6-18)15-23(42)27(44)36-32(16-22(32)25(33)34)29(46)39-52(48,49)21-9-10-21/h5-8,19,21-25H,9-17H2,1-4H3,(H,35,47)(H,36,44)(H,39,46)/t19-,22+,23?,24-,32-/m1/s1. The van der Waals surface area contributed by atoms with Crippen molar-refractivity contribution in [2.45, 2.75) is 81.8 Å². The largest absolute Gasteiger partial charge is 0.497 e. The molecular formula is C32H43F2N9O8S. The van der Waals surface area contributed by atoms with Gasteiger partial charge in [0, 0.05) is 31.6 Å². The molecule has 1 unspecified atom stereocenters. The van der Waals surface area contributed by atoms with Crippen LogP contribution in [0.3, 0.4) is 0 Å². The van der Waals surface area contributed by atoms with E-state index in [0.717, 1.165) is 0 Å². The smallest absolute Gasteiger partial charge is 0.318 e. The van der Waals surface area contributed by atoms with E-state index >= 15 is 0 Å². The summed E-state index contributed by atoms with van der Waals surface area (Å²) >= 11 is 0. The summed E-state index contributed by atoms with van der Waals surface area (Å²) in [6.45, 7) is 6.39. The lowest BCUT2D eigenvalue weighted by Crippen LogP contribution is -2.61. The molecule has 2 aromatic rings.